The van der Waals surface area contributed by atoms with Crippen molar-refractivity contribution in [2.75, 3.05) is 7.11 Å². The first-order valence-corrected chi connectivity index (χ1v) is 5.75. The molecule has 18 heavy (non-hydrogen) atoms. The lowest BCUT2D eigenvalue weighted by atomic mass is 10.1. The predicted octanol–water partition coefficient (Wildman–Crippen LogP) is 2.41. The summed E-state index contributed by atoms with van der Waals surface area (Å²) in [6, 6.07) is 5.12. The Kier molecular flexibility index (Phi) is 3.94. The van der Waals surface area contributed by atoms with Gasteiger partial charge in [-0.1, -0.05) is 6.07 Å². The Hall–Kier alpha value is -1.88. The first-order chi connectivity index (χ1) is 8.70. The molecule has 0 saturated heterocycles. The number of methoxy groups -OCH3 is 1. The summed E-state index contributed by atoms with van der Waals surface area (Å²) < 4.78 is 18.4. The number of H-pyrrole nitrogens is 1. The molecule has 0 amide bonds. The topological polar surface area (TPSA) is 49.9 Å². The third-order valence-electron chi connectivity index (χ3n) is 2.85. The number of hydrogen-bond acceptors (Lipinski definition) is 3. The number of nitrogens with zero attached hydrogens (tertiary/aromatic N) is 1. The van der Waals surface area contributed by atoms with E-state index in [-0.39, 0.29) is 17.6 Å². The molecule has 0 fully saturated rings. The van der Waals surface area contributed by atoms with Crippen molar-refractivity contribution in [3.8, 4) is 5.75 Å². The molecule has 0 aliphatic carbocycles. The van der Waals surface area contributed by atoms with E-state index >= 15 is 0 Å². The van der Waals surface area contributed by atoms with Crippen molar-refractivity contribution in [2.24, 2.45) is 0 Å². The molecular formula is C13H16FN3O. The van der Waals surface area contributed by atoms with Crippen LogP contribution >= 0.6 is 0 Å². The van der Waals surface area contributed by atoms with Gasteiger partial charge in [0, 0.05) is 24.3 Å². The molecule has 1 heterocycles. The molecule has 96 valence electrons. The van der Waals surface area contributed by atoms with Gasteiger partial charge in [-0.3, -0.25) is 5.10 Å². The number of aromatic amines is 1. The summed E-state index contributed by atoms with van der Waals surface area (Å²) in [5, 5.41) is 9.96. The molecule has 0 bridgehead atoms. The van der Waals surface area contributed by atoms with Gasteiger partial charge in [0.05, 0.1) is 13.3 Å². The summed E-state index contributed by atoms with van der Waals surface area (Å²) in [6.07, 6.45) is 3.61. The van der Waals surface area contributed by atoms with E-state index in [0.717, 1.165) is 11.1 Å². The predicted molar refractivity (Wildman–Crippen MR) is 66.8 cm³/mol. The van der Waals surface area contributed by atoms with Crippen LogP contribution in [0.3, 0.4) is 0 Å². The van der Waals surface area contributed by atoms with Crippen molar-refractivity contribution in [3.05, 3.63) is 47.5 Å². The lowest BCUT2D eigenvalue weighted by molar-refractivity contribution is 0.386. The smallest absolute Gasteiger partial charge is 0.165 e. The van der Waals surface area contributed by atoms with E-state index in [9.17, 15) is 4.39 Å². The fourth-order valence-corrected chi connectivity index (χ4v) is 1.71. The number of nitrogens with one attached hydrogen (secondary N) is 2. The number of aromatic nitrogens is 2. The molecule has 0 aliphatic heterocycles. The van der Waals surface area contributed by atoms with Crippen LogP contribution in [-0.4, -0.2) is 17.3 Å². The van der Waals surface area contributed by atoms with E-state index in [1.54, 1.807) is 12.3 Å². The van der Waals surface area contributed by atoms with E-state index in [1.165, 1.54) is 13.2 Å². The third kappa shape index (κ3) is 2.87. The number of ether oxygens (including phenoxy) is 1. The fourth-order valence-electron chi connectivity index (χ4n) is 1.71. The molecule has 2 N–H and O–H groups in total. The van der Waals surface area contributed by atoms with Crippen LogP contribution in [0.2, 0.25) is 0 Å². The molecule has 2 rings (SSSR count). The molecule has 5 heteroatoms. The van der Waals surface area contributed by atoms with Crippen molar-refractivity contribution in [2.45, 2.75) is 19.5 Å². The highest BCUT2D eigenvalue weighted by Crippen LogP contribution is 2.18. The minimum atomic E-state index is -0.340. The van der Waals surface area contributed by atoms with E-state index in [4.69, 9.17) is 4.74 Å². The minimum absolute atomic E-state index is 0.161. The van der Waals surface area contributed by atoms with Gasteiger partial charge in [-0.15, -0.1) is 0 Å². The van der Waals surface area contributed by atoms with Crippen molar-refractivity contribution < 1.29 is 9.13 Å². The second-order valence-corrected chi connectivity index (χ2v) is 4.10. The lowest BCUT2D eigenvalue weighted by Crippen LogP contribution is -2.17. The molecule has 1 aromatic heterocycles. The normalized spacial score (nSPS) is 12.4. The van der Waals surface area contributed by atoms with Gasteiger partial charge in [0.1, 0.15) is 0 Å². The van der Waals surface area contributed by atoms with Crippen LogP contribution in [0.15, 0.2) is 30.6 Å². The Morgan fingerprint density at radius 3 is 2.94 bits per heavy atom. The zero-order valence-corrected chi connectivity index (χ0v) is 10.4. The Labute approximate surface area is 105 Å². The molecule has 0 aliphatic rings. The van der Waals surface area contributed by atoms with Crippen molar-refractivity contribution in [1.82, 2.24) is 15.5 Å². The van der Waals surface area contributed by atoms with Crippen molar-refractivity contribution in [3.63, 3.8) is 0 Å². The molecule has 0 spiro atoms. The lowest BCUT2D eigenvalue weighted by Gasteiger charge is -2.12. The van der Waals surface area contributed by atoms with Crippen LogP contribution in [0.4, 0.5) is 4.39 Å². The molecule has 4 nitrogen and oxygen atoms in total. The SMILES string of the molecule is COc1ccc(CNC(C)c2cn[nH]c2)cc1F. The van der Waals surface area contributed by atoms with Crippen molar-refractivity contribution in [1.29, 1.82) is 0 Å². The van der Waals surface area contributed by atoms with E-state index < -0.39 is 0 Å². The summed E-state index contributed by atoms with van der Waals surface area (Å²) in [4.78, 5) is 0. The van der Waals surface area contributed by atoms with Crippen LogP contribution in [0.1, 0.15) is 24.1 Å². The molecule has 1 unspecified atom stereocenters. The molecule has 0 radical (unpaired) electrons. The first kappa shape index (κ1) is 12.6. The van der Waals surface area contributed by atoms with Crippen LogP contribution in [-0.2, 0) is 6.54 Å². The molecule has 1 aromatic carbocycles. The van der Waals surface area contributed by atoms with Gasteiger partial charge in [0.15, 0.2) is 11.6 Å². The number of hydrogen-bond donors (Lipinski definition) is 2. The van der Waals surface area contributed by atoms with Gasteiger partial charge < -0.3 is 10.1 Å². The van der Waals surface area contributed by atoms with Crippen LogP contribution in [0, 0.1) is 5.82 Å². The Bertz CT molecular complexity index is 499. The monoisotopic (exact) mass is 249 g/mol. The zero-order valence-electron chi connectivity index (χ0n) is 10.4. The van der Waals surface area contributed by atoms with Gasteiger partial charge in [0.25, 0.3) is 0 Å². The van der Waals surface area contributed by atoms with Gasteiger partial charge in [-0.05, 0) is 24.6 Å². The second kappa shape index (κ2) is 5.64. The highest BCUT2D eigenvalue weighted by molar-refractivity contribution is 5.29. The molecule has 2 aromatic rings. The second-order valence-electron chi connectivity index (χ2n) is 4.10. The standard InChI is InChI=1S/C13H16FN3O/c1-9(11-7-16-17-8-11)15-6-10-3-4-13(18-2)12(14)5-10/h3-5,7-9,15H,6H2,1-2H3,(H,16,17). The maximum absolute atomic E-state index is 13.5. The van der Waals surface area contributed by atoms with Crippen LogP contribution in [0.25, 0.3) is 0 Å². The Morgan fingerprint density at radius 2 is 2.33 bits per heavy atom. The van der Waals surface area contributed by atoms with Crippen LogP contribution < -0.4 is 10.1 Å². The fraction of sp³-hybridized carbons (Fsp3) is 0.308. The Morgan fingerprint density at radius 1 is 1.50 bits per heavy atom. The summed E-state index contributed by atoms with van der Waals surface area (Å²) in [6.45, 7) is 2.62. The molecular weight excluding hydrogens is 233 g/mol. The number of halogens is 1. The number of rotatable bonds is 5. The first-order valence-electron chi connectivity index (χ1n) is 5.75. The highest BCUT2D eigenvalue weighted by atomic mass is 19.1. The van der Waals surface area contributed by atoms with Crippen LogP contribution in [0.5, 0.6) is 5.75 Å². The summed E-state index contributed by atoms with van der Waals surface area (Å²) in [5.41, 5.74) is 1.95. The number of benzene rings is 1. The summed E-state index contributed by atoms with van der Waals surface area (Å²) >= 11 is 0. The maximum atomic E-state index is 13.5. The highest BCUT2D eigenvalue weighted by Gasteiger charge is 2.07. The minimum Gasteiger partial charge on any atom is -0.494 e. The van der Waals surface area contributed by atoms with Gasteiger partial charge in [0.2, 0.25) is 0 Å². The average Bonchev–Trinajstić information content (AvgIpc) is 2.90. The third-order valence-corrected chi connectivity index (χ3v) is 2.85. The van der Waals surface area contributed by atoms with E-state index in [1.807, 2.05) is 19.2 Å². The molecule has 0 saturated carbocycles. The van der Waals surface area contributed by atoms with E-state index in [0.29, 0.717) is 6.54 Å². The quantitative estimate of drug-likeness (QED) is 0.855. The van der Waals surface area contributed by atoms with Gasteiger partial charge >= 0.3 is 0 Å². The maximum Gasteiger partial charge on any atom is 0.165 e. The summed E-state index contributed by atoms with van der Waals surface area (Å²) in [5.74, 6) is -0.0746. The van der Waals surface area contributed by atoms with Crippen molar-refractivity contribution >= 4 is 0 Å². The van der Waals surface area contributed by atoms with E-state index in [2.05, 4.69) is 15.5 Å². The average molecular weight is 249 g/mol. The summed E-state index contributed by atoms with van der Waals surface area (Å²) in [7, 11) is 1.46. The Balaban J connectivity index is 1.96. The molecule has 1 atom stereocenters. The van der Waals surface area contributed by atoms with Gasteiger partial charge in [-0.2, -0.15) is 5.10 Å². The largest absolute Gasteiger partial charge is 0.494 e. The van der Waals surface area contributed by atoms with Gasteiger partial charge in [-0.25, -0.2) is 4.39 Å². The zero-order chi connectivity index (χ0) is 13.0.